The summed E-state index contributed by atoms with van der Waals surface area (Å²) in [5.41, 5.74) is 0. The van der Waals surface area contributed by atoms with Crippen LogP contribution in [0.4, 0.5) is 0 Å². The third-order valence-corrected chi connectivity index (χ3v) is 4.73. The third-order valence-electron chi connectivity index (χ3n) is 3.51. The second kappa shape index (κ2) is 14.8. The van der Waals surface area contributed by atoms with E-state index in [9.17, 15) is 13.0 Å². The van der Waals surface area contributed by atoms with E-state index in [4.69, 9.17) is 5.11 Å². The van der Waals surface area contributed by atoms with Crippen molar-refractivity contribution in [3.8, 4) is 0 Å². The molecule has 0 bridgehead atoms. The zero-order valence-corrected chi connectivity index (χ0v) is 16.0. The molecule has 0 fully saturated rings. The van der Waals surface area contributed by atoms with Gasteiger partial charge in [-0.25, -0.2) is 8.42 Å². The van der Waals surface area contributed by atoms with Gasteiger partial charge in [0.15, 0.2) is 0 Å². The van der Waals surface area contributed by atoms with E-state index in [2.05, 4.69) is 0 Å². The van der Waals surface area contributed by atoms with Crippen LogP contribution in [0.15, 0.2) is 0 Å². The molecule has 0 spiro atoms. The fourth-order valence-corrected chi connectivity index (χ4v) is 2.56. The minimum atomic E-state index is -4.08. The number of rotatable bonds is 13. The molecule has 0 aliphatic rings. The summed E-state index contributed by atoms with van der Waals surface area (Å²) in [4.78, 5) is 0. The van der Waals surface area contributed by atoms with E-state index in [1.807, 2.05) is 0 Å². The van der Waals surface area contributed by atoms with E-state index in [0.29, 0.717) is 13.0 Å². The summed E-state index contributed by atoms with van der Waals surface area (Å²) in [7, 11) is -4.08. The van der Waals surface area contributed by atoms with Crippen LogP contribution in [0, 0.1) is 0 Å². The Morgan fingerprint density at radius 3 is 1.55 bits per heavy atom. The first-order valence-electron chi connectivity index (χ1n) is 7.54. The van der Waals surface area contributed by atoms with Crippen LogP contribution >= 0.6 is 0 Å². The van der Waals surface area contributed by atoms with Crippen LogP contribution in [0.5, 0.6) is 0 Å². The SMILES string of the molecule is CC(CCCCCCCCCCCCO)S(=O)(=O)[O-].[Na+]. The average molecular weight is 316 g/mol. The van der Waals surface area contributed by atoms with E-state index in [0.717, 1.165) is 32.1 Å². The smallest absolute Gasteiger partial charge is 0.748 e. The minimum absolute atomic E-state index is 0. The summed E-state index contributed by atoms with van der Waals surface area (Å²) in [6.45, 7) is 1.80. The molecule has 0 aromatic rings. The molecular formula is C14H29NaO4S. The first-order valence-corrected chi connectivity index (χ1v) is 9.01. The number of hydrogen-bond acceptors (Lipinski definition) is 4. The Morgan fingerprint density at radius 2 is 1.20 bits per heavy atom. The van der Waals surface area contributed by atoms with Crippen molar-refractivity contribution < 1.29 is 47.6 Å². The quantitative estimate of drug-likeness (QED) is 0.299. The first-order chi connectivity index (χ1) is 8.98. The molecule has 0 aliphatic carbocycles. The van der Waals surface area contributed by atoms with Gasteiger partial charge in [0.25, 0.3) is 0 Å². The van der Waals surface area contributed by atoms with Gasteiger partial charge in [0.1, 0.15) is 0 Å². The van der Waals surface area contributed by atoms with Gasteiger partial charge in [0.2, 0.25) is 0 Å². The zero-order valence-electron chi connectivity index (χ0n) is 13.1. The predicted molar refractivity (Wildman–Crippen MR) is 77.0 cm³/mol. The standard InChI is InChI=1S/C14H30O4S.Na/c1-14(19(16,17)18)12-10-8-6-4-2-3-5-7-9-11-13-15;/h14-15H,2-13H2,1H3,(H,16,17,18);/q;+1/p-1. The molecule has 6 heteroatoms. The van der Waals surface area contributed by atoms with Gasteiger partial charge in [0, 0.05) is 11.9 Å². The van der Waals surface area contributed by atoms with Crippen molar-refractivity contribution in [2.45, 2.75) is 82.8 Å². The molecule has 0 aromatic heterocycles. The maximum Gasteiger partial charge on any atom is 1.00 e. The summed E-state index contributed by atoms with van der Waals surface area (Å²) in [5.74, 6) is 0. The van der Waals surface area contributed by atoms with Crippen LogP contribution in [-0.2, 0) is 10.1 Å². The van der Waals surface area contributed by atoms with Gasteiger partial charge in [-0.1, -0.05) is 57.8 Å². The maximum atomic E-state index is 10.7. The van der Waals surface area contributed by atoms with Gasteiger partial charge in [-0.3, -0.25) is 0 Å². The van der Waals surface area contributed by atoms with Crippen molar-refractivity contribution in [3.63, 3.8) is 0 Å². The second-order valence-corrected chi connectivity index (χ2v) is 7.14. The molecule has 0 aliphatic heterocycles. The molecule has 0 aromatic carbocycles. The monoisotopic (exact) mass is 316 g/mol. The van der Waals surface area contributed by atoms with Crippen LogP contribution in [0.1, 0.15) is 77.6 Å². The van der Waals surface area contributed by atoms with Crippen LogP contribution in [-0.4, -0.2) is 29.9 Å². The Kier molecular flexibility index (Phi) is 17.1. The molecule has 20 heavy (non-hydrogen) atoms. The van der Waals surface area contributed by atoms with Gasteiger partial charge in [-0.2, -0.15) is 0 Å². The molecule has 116 valence electrons. The van der Waals surface area contributed by atoms with E-state index >= 15 is 0 Å². The first kappa shape index (κ1) is 23.1. The van der Waals surface area contributed by atoms with Gasteiger partial charge >= 0.3 is 29.6 Å². The largest absolute Gasteiger partial charge is 1.00 e. The van der Waals surface area contributed by atoms with Crippen molar-refractivity contribution in [1.82, 2.24) is 0 Å². The Labute approximate surface area is 146 Å². The summed E-state index contributed by atoms with van der Waals surface area (Å²) in [6.07, 6.45) is 11.6. The number of hydrogen-bond donors (Lipinski definition) is 1. The summed E-state index contributed by atoms with van der Waals surface area (Å²) >= 11 is 0. The van der Waals surface area contributed by atoms with Crippen LogP contribution in [0.25, 0.3) is 0 Å². The summed E-state index contributed by atoms with van der Waals surface area (Å²) in [5, 5.41) is 7.88. The molecule has 0 radical (unpaired) electrons. The third kappa shape index (κ3) is 15.3. The molecule has 4 nitrogen and oxygen atoms in total. The molecule has 1 atom stereocenters. The van der Waals surface area contributed by atoms with Gasteiger partial charge in [-0.15, -0.1) is 0 Å². The Bertz CT molecular complexity index is 294. The van der Waals surface area contributed by atoms with Crippen LogP contribution < -0.4 is 29.6 Å². The summed E-state index contributed by atoms with van der Waals surface area (Å²) in [6, 6.07) is 0. The molecular weight excluding hydrogens is 287 g/mol. The van der Waals surface area contributed by atoms with Crippen LogP contribution in [0.2, 0.25) is 0 Å². The van der Waals surface area contributed by atoms with Crippen molar-refractivity contribution in [2.75, 3.05) is 6.61 Å². The Morgan fingerprint density at radius 1 is 0.850 bits per heavy atom. The number of unbranched alkanes of at least 4 members (excludes halogenated alkanes) is 9. The number of aliphatic hydroxyl groups is 1. The van der Waals surface area contributed by atoms with Gasteiger partial charge < -0.3 is 9.66 Å². The molecule has 0 rings (SSSR count). The van der Waals surface area contributed by atoms with Crippen molar-refractivity contribution in [1.29, 1.82) is 0 Å². The average Bonchev–Trinajstić information content (AvgIpc) is 2.34. The van der Waals surface area contributed by atoms with E-state index < -0.39 is 15.4 Å². The Balaban J connectivity index is 0. The van der Waals surface area contributed by atoms with Gasteiger partial charge in [-0.05, 0) is 19.8 Å². The molecule has 0 saturated heterocycles. The fraction of sp³-hybridized carbons (Fsp3) is 1.00. The van der Waals surface area contributed by atoms with E-state index in [1.165, 1.54) is 39.0 Å². The van der Waals surface area contributed by atoms with Crippen molar-refractivity contribution in [3.05, 3.63) is 0 Å². The van der Waals surface area contributed by atoms with Crippen molar-refractivity contribution in [2.24, 2.45) is 0 Å². The molecule has 1 N–H and O–H groups in total. The zero-order chi connectivity index (χ0) is 14.6. The molecule has 0 amide bonds. The van der Waals surface area contributed by atoms with Crippen LogP contribution in [0.3, 0.4) is 0 Å². The fourth-order valence-electron chi connectivity index (χ4n) is 2.10. The minimum Gasteiger partial charge on any atom is -0.748 e. The Hall–Kier alpha value is 0.870. The molecule has 0 heterocycles. The maximum absolute atomic E-state index is 10.7. The normalized spacial score (nSPS) is 12.9. The van der Waals surface area contributed by atoms with Gasteiger partial charge in [0.05, 0.1) is 10.1 Å². The number of aliphatic hydroxyl groups excluding tert-OH is 1. The van der Waals surface area contributed by atoms with Crippen molar-refractivity contribution >= 4 is 10.1 Å². The molecule has 1 unspecified atom stereocenters. The topological polar surface area (TPSA) is 77.4 Å². The second-order valence-electron chi connectivity index (χ2n) is 5.35. The van der Waals surface area contributed by atoms with E-state index in [-0.39, 0.29) is 29.6 Å². The molecule has 0 saturated carbocycles. The van der Waals surface area contributed by atoms with E-state index in [1.54, 1.807) is 0 Å². The summed E-state index contributed by atoms with van der Waals surface area (Å²) < 4.78 is 32.0. The predicted octanol–water partition coefficient (Wildman–Crippen LogP) is 0.208.